The highest BCUT2D eigenvalue weighted by Gasteiger charge is 2.13. The largest absolute Gasteiger partial charge is 0.465 e. The van der Waals surface area contributed by atoms with E-state index in [0.717, 1.165) is 16.8 Å². The molecule has 0 fully saturated rings. The predicted octanol–water partition coefficient (Wildman–Crippen LogP) is 3.23. The zero-order valence-corrected chi connectivity index (χ0v) is 11.2. The second kappa shape index (κ2) is 5.52. The number of aryl methyl sites for hydroxylation is 2. The summed E-state index contributed by atoms with van der Waals surface area (Å²) in [7, 11) is 1.36. The lowest BCUT2D eigenvalue weighted by atomic mass is 10.1. The number of rotatable bonds is 3. The number of anilines is 2. The molecule has 4 nitrogen and oxygen atoms in total. The molecule has 1 aromatic heterocycles. The van der Waals surface area contributed by atoms with E-state index >= 15 is 0 Å². The van der Waals surface area contributed by atoms with E-state index in [1.807, 2.05) is 32.0 Å². The highest BCUT2D eigenvalue weighted by molar-refractivity contribution is 5.95. The SMILES string of the molecule is COC(=O)c1cccnc1Nc1c(C)cccc1C. The Balaban J connectivity index is 2.42. The molecule has 0 atom stereocenters. The fraction of sp³-hybridized carbons (Fsp3) is 0.200. The summed E-state index contributed by atoms with van der Waals surface area (Å²) in [6.45, 7) is 4.02. The van der Waals surface area contributed by atoms with Gasteiger partial charge in [0.05, 0.1) is 7.11 Å². The Bertz CT molecular complexity index is 589. The van der Waals surface area contributed by atoms with Gasteiger partial charge in [-0.1, -0.05) is 18.2 Å². The average Bonchev–Trinajstić information content (AvgIpc) is 2.42. The lowest BCUT2D eigenvalue weighted by Gasteiger charge is -2.13. The molecule has 0 bridgehead atoms. The van der Waals surface area contributed by atoms with Crippen LogP contribution in [0.5, 0.6) is 0 Å². The molecule has 0 aliphatic heterocycles. The van der Waals surface area contributed by atoms with Crippen molar-refractivity contribution in [2.45, 2.75) is 13.8 Å². The van der Waals surface area contributed by atoms with Gasteiger partial charge in [0.15, 0.2) is 0 Å². The number of hydrogen-bond donors (Lipinski definition) is 1. The van der Waals surface area contributed by atoms with Gasteiger partial charge in [0.1, 0.15) is 11.4 Å². The maximum atomic E-state index is 11.7. The number of methoxy groups -OCH3 is 1. The van der Waals surface area contributed by atoms with Gasteiger partial charge in [0.25, 0.3) is 0 Å². The van der Waals surface area contributed by atoms with Gasteiger partial charge in [-0.05, 0) is 37.1 Å². The van der Waals surface area contributed by atoms with Gasteiger partial charge in [0.2, 0.25) is 0 Å². The smallest absolute Gasteiger partial charge is 0.341 e. The van der Waals surface area contributed by atoms with Gasteiger partial charge in [-0.15, -0.1) is 0 Å². The molecule has 0 spiro atoms. The number of aromatic nitrogens is 1. The zero-order chi connectivity index (χ0) is 13.8. The first-order chi connectivity index (χ1) is 9.13. The van der Waals surface area contributed by atoms with Crippen LogP contribution >= 0.6 is 0 Å². The first-order valence-corrected chi connectivity index (χ1v) is 6.00. The van der Waals surface area contributed by atoms with E-state index in [1.54, 1.807) is 18.3 Å². The van der Waals surface area contributed by atoms with Gasteiger partial charge in [-0.2, -0.15) is 0 Å². The summed E-state index contributed by atoms with van der Waals surface area (Å²) in [5.74, 6) is 0.105. The van der Waals surface area contributed by atoms with Crippen molar-refractivity contribution in [3.63, 3.8) is 0 Å². The van der Waals surface area contributed by atoms with E-state index in [-0.39, 0.29) is 0 Å². The number of esters is 1. The van der Waals surface area contributed by atoms with Crippen molar-refractivity contribution in [2.24, 2.45) is 0 Å². The number of ether oxygens (including phenoxy) is 1. The highest BCUT2D eigenvalue weighted by atomic mass is 16.5. The van der Waals surface area contributed by atoms with Crippen LogP contribution in [0.15, 0.2) is 36.5 Å². The topological polar surface area (TPSA) is 51.2 Å². The third-order valence-electron chi connectivity index (χ3n) is 2.94. The lowest BCUT2D eigenvalue weighted by Crippen LogP contribution is -2.08. The van der Waals surface area contributed by atoms with Gasteiger partial charge in [0, 0.05) is 11.9 Å². The average molecular weight is 256 g/mol. The lowest BCUT2D eigenvalue weighted by molar-refractivity contribution is 0.0601. The van der Waals surface area contributed by atoms with Crippen molar-refractivity contribution in [1.82, 2.24) is 4.98 Å². The Morgan fingerprint density at radius 2 is 1.84 bits per heavy atom. The number of nitrogens with zero attached hydrogens (tertiary/aromatic N) is 1. The molecule has 98 valence electrons. The minimum absolute atomic E-state index is 0.401. The van der Waals surface area contributed by atoms with Crippen molar-refractivity contribution in [3.8, 4) is 0 Å². The number of carbonyl (C=O) groups excluding carboxylic acids is 1. The Labute approximate surface area is 112 Å². The molecular weight excluding hydrogens is 240 g/mol. The van der Waals surface area contributed by atoms with Gasteiger partial charge in [-0.25, -0.2) is 9.78 Å². The first kappa shape index (κ1) is 13.1. The Hall–Kier alpha value is -2.36. The summed E-state index contributed by atoms with van der Waals surface area (Å²) in [6, 6.07) is 9.42. The summed E-state index contributed by atoms with van der Waals surface area (Å²) in [4.78, 5) is 15.9. The van der Waals surface area contributed by atoms with E-state index in [1.165, 1.54) is 7.11 Å². The van der Waals surface area contributed by atoms with Crippen molar-refractivity contribution in [2.75, 3.05) is 12.4 Å². The Morgan fingerprint density at radius 1 is 1.16 bits per heavy atom. The minimum atomic E-state index is -0.401. The summed E-state index contributed by atoms with van der Waals surface area (Å²) in [6.07, 6.45) is 1.64. The normalized spacial score (nSPS) is 10.1. The molecule has 2 rings (SSSR count). The molecule has 0 aliphatic rings. The predicted molar refractivity (Wildman–Crippen MR) is 74.8 cm³/mol. The summed E-state index contributed by atoms with van der Waals surface area (Å²) < 4.78 is 4.76. The molecule has 0 radical (unpaired) electrons. The Morgan fingerprint density at radius 3 is 2.47 bits per heavy atom. The van der Waals surface area contributed by atoms with E-state index in [0.29, 0.717) is 11.4 Å². The minimum Gasteiger partial charge on any atom is -0.465 e. The maximum absolute atomic E-state index is 11.7. The van der Waals surface area contributed by atoms with Crippen LogP contribution < -0.4 is 5.32 Å². The van der Waals surface area contributed by atoms with Gasteiger partial charge in [-0.3, -0.25) is 0 Å². The molecular formula is C15H16N2O2. The number of carbonyl (C=O) groups is 1. The van der Waals surface area contributed by atoms with Gasteiger partial charge < -0.3 is 10.1 Å². The standard InChI is InChI=1S/C15H16N2O2/c1-10-6-4-7-11(2)13(10)17-14-12(15(18)19-3)8-5-9-16-14/h4-9H,1-3H3,(H,16,17). The third kappa shape index (κ3) is 2.73. The molecule has 1 heterocycles. The molecule has 0 saturated carbocycles. The van der Waals surface area contributed by atoms with Gasteiger partial charge >= 0.3 is 5.97 Å². The third-order valence-corrected chi connectivity index (χ3v) is 2.94. The van der Waals surface area contributed by atoms with Crippen molar-refractivity contribution < 1.29 is 9.53 Å². The van der Waals surface area contributed by atoms with Crippen LogP contribution in [0.2, 0.25) is 0 Å². The molecule has 0 unspecified atom stereocenters. The van der Waals surface area contributed by atoms with Crippen molar-refractivity contribution in [1.29, 1.82) is 0 Å². The molecule has 19 heavy (non-hydrogen) atoms. The molecule has 2 aromatic rings. The van der Waals surface area contributed by atoms with E-state index in [4.69, 9.17) is 4.74 Å². The summed E-state index contributed by atoms with van der Waals surface area (Å²) in [5.41, 5.74) is 3.59. The summed E-state index contributed by atoms with van der Waals surface area (Å²) >= 11 is 0. The number of benzene rings is 1. The monoisotopic (exact) mass is 256 g/mol. The Kier molecular flexibility index (Phi) is 3.80. The molecule has 4 heteroatoms. The fourth-order valence-electron chi connectivity index (χ4n) is 1.91. The number of pyridine rings is 1. The number of nitrogens with one attached hydrogen (secondary N) is 1. The fourth-order valence-corrected chi connectivity index (χ4v) is 1.91. The molecule has 0 aliphatic carbocycles. The van der Waals surface area contributed by atoms with Crippen LogP contribution in [0.3, 0.4) is 0 Å². The second-order valence-electron chi connectivity index (χ2n) is 4.28. The quantitative estimate of drug-likeness (QED) is 0.857. The van der Waals surface area contributed by atoms with E-state index in [2.05, 4.69) is 10.3 Å². The van der Waals surface area contributed by atoms with Crippen LogP contribution in [-0.4, -0.2) is 18.1 Å². The molecule has 1 N–H and O–H groups in total. The zero-order valence-electron chi connectivity index (χ0n) is 11.2. The summed E-state index contributed by atoms with van der Waals surface area (Å²) in [5, 5.41) is 3.21. The maximum Gasteiger partial charge on any atom is 0.341 e. The first-order valence-electron chi connectivity index (χ1n) is 6.00. The van der Waals surface area contributed by atoms with Crippen molar-refractivity contribution in [3.05, 3.63) is 53.2 Å². The number of hydrogen-bond acceptors (Lipinski definition) is 4. The van der Waals surface area contributed by atoms with E-state index in [9.17, 15) is 4.79 Å². The van der Waals surface area contributed by atoms with Crippen molar-refractivity contribution >= 4 is 17.5 Å². The highest BCUT2D eigenvalue weighted by Crippen LogP contribution is 2.25. The van der Waals surface area contributed by atoms with Crippen LogP contribution in [0.1, 0.15) is 21.5 Å². The van der Waals surface area contributed by atoms with E-state index < -0.39 is 5.97 Å². The second-order valence-corrected chi connectivity index (χ2v) is 4.28. The molecule has 0 saturated heterocycles. The van der Waals surface area contributed by atoms with Crippen LogP contribution in [0.25, 0.3) is 0 Å². The number of para-hydroxylation sites is 1. The molecule has 0 amide bonds. The van der Waals surface area contributed by atoms with Crippen LogP contribution in [-0.2, 0) is 4.74 Å². The van der Waals surface area contributed by atoms with Crippen LogP contribution in [0, 0.1) is 13.8 Å². The molecule has 1 aromatic carbocycles. The van der Waals surface area contributed by atoms with Crippen LogP contribution in [0.4, 0.5) is 11.5 Å².